The lowest BCUT2D eigenvalue weighted by molar-refractivity contribution is -0.137. The first-order chi connectivity index (χ1) is 9.29. The second kappa shape index (κ2) is 5.53. The van der Waals surface area contributed by atoms with Gasteiger partial charge in [0.05, 0.1) is 6.20 Å². The van der Waals surface area contributed by atoms with Gasteiger partial charge in [-0.15, -0.1) is 0 Å². The predicted octanol–water partition coefficient (Wildman–Crippen LogP) is 0.681. The predicted molar refractivity (Wildman–Crippen MR) is 71.5 cm³/mol. The van der Waals surface area contributed by atoms with Crippen LogP contribution in [0.25, 0.3) is 0 Å². The molecule has 1 heterocycles. The van der Waals surface area contributed by atoms with Gasteiger partial charge in [0.1, 0.15) is 11.4 Å². The van der Waals surface area contributed by atoms with Crippen LogP contribution >= 0.6 is 0 Å². The number of carboxylic acid groups (broad SMARTS) is 1. The molecule has 3 atom stereocenters. The van der Waals surface area contributed by atoms with Crippen molar-refractivity contribution < 1.29 is 18.3 Å². The molecule has 8 heteroatoms. The molecule has 0 radical (unpaired) electrons. The number of carbonyl (C=O) groups is 1. The van der Waals surface area contributed by atoms with Gasteiger partial charge in [-0.25, -0.2) is 13.1 Å². The number of aliphatic carboxylic acids is 1. The second-order valence-corrected chi connectivity index (χ2v) is 7.12. The molecule has 0 aromatic carbocycles. The summed E-state index contributed by atoms with van der Waals surface area (Å²) in [6.45, 7) is 3.80. The van der Waals surface area contributed by atoms with Crippen LogP contribution in [0.4, 0.5) is 0 Å². The summed E-state index contributed by atoms with van der Waals surface area (Å²) in [5.74, 6) is -0.278. The SMILES string of the molecule is CC1CCC(NS(=O)(=O)c2cnn(CC(=O)O)c2)C1C. The Labute approximate surface area is 118 Å². The third-order valence-corrected chi connectivity index (χ3v) is 5.43. The van der Waals surface area contributed by atoms with Crippen LogP contribution in [0.1, 0.15) is 26.7 Å². The van der Waals surface area contributed by atoms with Crippen molar-refractivity contribution in [3.8, 4) is 0 Å². The van der Waals surface area contributed by atoms with E-state index in [0.717, 1.165) is 17.5 Å². The Morgan fingerprint density at radius 2 is 2.20 bits per heavy atom. The number of carboxylic acids is 1. The van der Waals surface area contributed by atoms with Crippen LogP contribution < -0.4 is 4.72 Å². The monoisotopic (exact) mass is 301 g/mol. The fourth-order valence-corrected chi connectivity index (χ4v) is 3.82. The topological polar surface area (TPSA) is 101 Å². The number of nitrogens with one attached hydrogen (secondary N) is 1. The third-order valence-electron chi connectivity index (χ3n) is 3.99. The van der Waals surface area contributed by atoms with E-state index in [0.29, 0.717) is 11.8 Å². The van der Waals surface area contributed by atoms with E-state index >= 15 is 0 Å². The molecule has 0 aliphatic heterocycles. The summed E-state index contributed by atoms with van der Waals surface area (Å²) in [6, 6.07) is -0.0715. The quantitative estimate of drug-likeness (QED) is 0.833. The van der Waals surface area contributed by atoms with Gasteiger partial charge in [0.2, 0.25) is 10.0 Å². The van der Waals surface area contributed by atoms with E-state index in [9.17, 15) is 13.2 Å². The Morgan fingerprint density at radius 3 is 2.75 bits per heavy atom. The molecule has 20 heavy (non-hydrogen) atoms. The zero-order valence-corrected chi connectivity index (χ0v) is 12.3. The van der Waals surface area contributed by atoms with Crippen LogP contribution in [0.5, 0.6) is 0 Å². The van der Waals surface area contributed by atoms with Gasteiger partial charge >= 0.3 is 5.97 Å². The zero-order valence-electron chi connectivity index (χ0n) is 11.5. The molecule has 0 amide bonds. The Bertz CT molecular complexity index is 596. The van der Waals surface area contributed by atoms with Crippen molar-refractivity contribution in [2.24, 2.45) is 11.8 Å². The summed E-state index contributed by atoms with van der Waals surface area (Å²) < 4.78 is 28.2. The van der Waals surface area contributed by atoms with E-state index in [1.165, 1.54) is 12.4 Å². The molecular formula is C12H19N3O4S. The minimum atomic E-state index is -3.64. The van der Waals surface area contributed by atoms with E-state index in [1.807, 2.05) is 6.92 Å². The number of hydrogen-bond donors (Lipinski definition) is 2. The fourth-order valence-electron chi connectivity index (χ4n) is 2.51. The highest BCUT2D eigenvalue weighted by Crippen LogP contribution is 2.31. The van der Waals surface area contributed by atoms with Crippen molar-refractivity contribution >= 4 is 16.0 Å². The number of rotatable bonds is 5. The summed E-state index contributed by atoms with van der Waals surface area (Å²) in [5.41, 5.74) is 0. The second-order valence-electron chi connectivity index (χ2n) is 5.41. The molecule has 1 saturated carbocycles. The van der Waals surface area contributed by atoms with E-state index in [-0.39, 0.29) is 17.5 Å². The lowest BCUT2D eigenvalue weighted by atomic mass is 9.98. The standard InChI is InChI=1S/C12H19N3O4S/c1-8-3-4-11(9(8)2)14-20(18,19)10-5-13-15(6-10)7-12(16)17/h5-6,8-9,11,14H,3-4,7H2,1-2H3,(H,16,17). The van der Waals surface area contributed by atoms with Crippen LogP contribution in [0.3, 0.4) is 0 Å². The minimum absolute atomic E-state index is 0.00510. The largest absolute Gasteiger partial charge is 0.480 e. The van der Waals surface area contributed by atoms with Crippen LogP contribution in [0.15, 0.2) is 17.3 Å². The van der Waals surface area contributed by atoms with E-state index < -0.39 is 16.0 Å². The van der Waals surface area contributed by atoms with Crippen molar-refractivity contribution in [3.05, 3.63) is 12.4 Å². The Balaban J connectivity index is 2.10. The zero-order chi connectivity index (χ0) is 14.9. The first-order valence-electron chi connectivity index (χ1n) is 6.56. The molecule has 1 aromatic heterocycles. The number of nitrogens with zero attached hydrogens (tertiary/aromatic N) is 2. The van der Waals surface area contributed by atoms with Crippen LogP contribution in [0, 0.1) is 11.8 Å². The van der Waals surface area contributed by atoms with Gasteiger partial charge in [0, 0.05) is 12.2 Å². The summed E-state index contributed by atoms with van der Waals surface area (Å²) in [6.07, 6.45) is 4.24. The Morgan fingerprint density at radius 1 is 1.50 bits per heavy atom. The number of sulfonamides is 1. The lowest BCUT2D eigenvalue weighted by Crippen LogP contribution is -2.37. The molecule has 1 aromatic rings. The summed E-state index contributed by atoms with van der Waals surface area (Å²) in [5, 5.41) is 12.4. The van der Waals surface area contributed by atoms with Crippen LogP contribution in [-0.4, -0.2) is 35.3 Å². The average Bonchev–Trinajstić information content (AvgIpc) is 2.91. The van der Waals surface area contributed by atoms with E-state index in [1.54, 1.807) is 0 Å². The molecule has 1 aliphatic carbocycles. The highest BCUT2D eigenvalue weighted by Gasteiger charge is 2.33. The van der Waals surface area contributed by atoms with Gasteiger partial charge in [-0.05, 0) is 24.7 Å². The maximum absolute atomic E-state index is 12.2. The minimum Gasteiger partial charge on any atom is -0.480 e. The molecule has 2 N–H and O–H groups in total. The molecule has 2 rings (SSSR count). The van der Waals surface area contributed by atoms with Gasteiger partial charge in [-0.1, -0.05) is 13.8 Å². The first kappa shape index (κ1) is 15.0. The van der Waals surface area contributed by atoms with E-state index in [4.69, 9.17) is 5.11 Å². The smallest absolute Gasteiger partial charge is 0.325 e. The molecular weight excluding hydrogens is 282 g/mol. The van der Waals surface area contributed by atoms with Crippen LogP contribution in [0.2, 0.25) is 0 Å². The van der Waals surface area contributed by atoms with E-state index in [2.05, 4.69) is 16.7 Å². The Kier molecular flexibility index (Phi) is 4.14. The first-order valence-corrected chi connectivity index (χ1v) is 8.04. The van der Waals surface area contributed by atoms with Crippen LogP contribution in [-0.2, 0) is 21.4 Å². The maximum Gasteiger partial charge on any atom is 0.325 e. The molecule has 112 valence electrons. The molecule has 1 fully saturated rings. The normalized spacial score (nSPS) is 26.8. The summed E-state index contributed by atoms with van der Waals surface area (Å²) in [7, 11) is -3.64. The highest BCUT2D eigenvalue weighted by molar-refractivity contribution is 7.89. The van der Waals surface area contributed by atoms with Crippen molar-refractivity contribution in [1.29, 1.82) is 0 Å². The van der Waals surface area contributed by atoms with Gasteiger partial charge in [0.15, 0.2) is 0 Å². The van der Waals surface area contributed by atoms with Crippen molar-refractivity contribution in [3.63, 3.8) is 0 Å². The summed E-state index contributed by atoms with van der Waals surface area (Å²) in [4.78, 5) is 10.6. The average molecular weight is 301 g/mol. The van der Waals surface area contributed by atoms with Crippen molar-refractivity contribution in [1.82, 2.24) is 14.5 Å². The molecule has 7 nitrogen and oxygen atoms in total. The van der Waals surface area contributed by atoms with Gasteiger partial charge in [0.25, 0.3) is 0 Å². The number of aromatic nitrogens is 2. The van der Waals surface area contributed by atoms with Crippen molar-refractivity contribution in [2.45, 2.75) is 44.2 Å². The lowest BCUT2D eigenvalue weighted by Gasteiger charge is -2.19. The fraction of sp³-hybridized carbons (Fsp3) is 0.667. The van der Waals surface area contributed by atoms with Crippen molar-refractivity contribution in [2.75, 3.05) is 0 Å². The summed E-state index contributed by atoms with van der Waals surface area (Å²) >= 11 is 0. The van der Waals surface area contributed by atoms with Gasteiger partial charge < -0.3 is 5.11 Å². The molecule has 0 saturated heterocycles. The highest BCUT2D eigenvalue weighted by atomic mass is 32.2. The number of hydrogen-bond acceptors (Lipinski definition) is 4. The van der Waals surface area contributed by atoms with Gasteiger partial charge in [-0.3, -0.25) is 9.48 Å². The molecule has 1 aliphatic rings. The molecule has 0 bridgehead atoms. The maximum atomic E-state index is 12.2. The molecule has 0 spiro atoms. The van der Waals surface area contributed by atoms with Gasteiger partial charge in [-0.2, -0.15) is 5.10 Å². The third kappa shape index (κ3) is 3.18. The molecule has 3 unspecified atom stereocenters. The Hall–Kier alpha value is -1.41.